The average molecular weight is 535 g/mol. The third kappa shape index (κ3) is 5.08. The Balaban J connectivity index is 1.64. The standard InChI is InChI=1S/C23H15ClF8N4/c1-11-20-19(36(35-11)18-5-3-15(25)9-17(18)26)4-2-12(21(20)24)10-33-34-16-7-13(22(27,28)29)6-14(8-16)23(30,31)32/h3,5-10,34H,2,4H2,1H3. The maximum atomic E-state index is 14.3. The van der Waals surface area contributed by atoms with Crippen LogP contribution < -0.4 is 5.43 Å². The molecule has 0 unspecified atom stereocenters. The number of halogens is 9. The molecule has 0 radical (unpaired) electrons. The van der Waals surface area contributed by atoms with E-state index < -0.39 is 40.8 Å². The van der Waals surface area contributed by atoms with Crippen LogP contribution in [-0.4, -0.2) is 16.0 Å². The predicted octanol–water partition coefficient (Wildman–Crippen LogP) is 7.49. The first-order chi connectivity index (χ1) is 16.8. The van der Waals surface area contributed by atoms with E-state index in [4.69, 9.17) is 11.6 Å². The molecule has 1 aromatic heterocycles. The number of nitrogens with zero attached hydrogens (tertiary/aromatic N) is 3. The molecule has 0 saturated heterocycles. The largest absolute Gasteiger partial charge is 0.416 e. The van der Waals surface area contributed by atoms with Crippen molar-refractivity contribution in [3.05, 3.63) is 81.7 Å². The van der Waals surface area contributed by atoms with E-state index in [1.54, 1.807) is 6.92 Å². The van der Waals surface area contributed by atoms with Crippen LogP contribution in [0.4, 0.5) is 40.8 Å². The number of allylic oxidation sites excluding steroid dienone is 1. The molecule has 0 amide bonds. The molecular formula is C23H15ClF8N4. The Kier molecular flexibility index (Phi) is 6.58. The van der Waals surface area contributed by atoms with Gasteiger partial charge in [-0.25, -0.2) is 13.5 Å². The van der Waals surface area contributed by atoms with Gasteiger partial charge >= 0.3 is 12.4 Å². The van der Waals surface area contributed by atoms with E-state index >= 15 is 0 Å². The van der Waals surface area contributed by atoms with Crippen molar-refractivity contribution in [2.45, 2.75) is 32.1 Å². The summed E-state index contributed by atoms with van der Waals surface area (Å²) in [6.45, 7) is 1.62. The Labute approximate surface area is 203 Å². The Bertz CT molecular complexity index is 1350. The summed E-state index contributed by atoms with van der Waals surface area (Å²) in [6.07, 6.45) is -8.22. The normalized spacial score (nSPS) is 14.5. The molecule has 190 valence electrons. The number of hydrazone groups is 1. The fourth-order valence-corrected chi connectivity index (χ4v) is 4.18. The van der Waals surface area contributed by atoms with Gasteiger partial charge in [0.15, 0.2) is 5.82 Å². The minimum atomic E-state index is -4.99. The van der Waals surface area contributed by atoms with Crippen molar-refractivity contribution in [3.8, 4) is 5.69 Å². The number of anilines is 1. The highest BCUT2D eigenvalue weighted by Gasteiger charge is 2.37. The van der Waals surface area contributed by atoms with Gasteiger partial charge in [-0.3, -0.25) is 5.43 Å². The summed E-state index contributed by atoms with van der Waals surface area (Å²) in [5, 5.41) is 8.25. The summed E-state index contributed by atoms with van der Waals surface area (Å²) in [5.74, 6) is -1.57. The number of nitrogens with one attached hydrogen (secondary N) is 1. The fraction of sp³-hybridized carbons (Fsp3) is 0.217. The molecule has 3 aromatic rings. The second-order valence-corrected chi connectivity index (χ2v) is 8.30. The van der Waals surface area contributed by atoms with E-state index in [9.17, 15) is 35.1 Å². The Morgan fingerprint density at radius 2 is 1.61 bits per heavy atom. The second kappa shape index (κ2) is 9.23. The van der Waals surface area contributed by atoms with Crippen molar-refractivity contribution in [2.24, 2.45) is 5.10 Å². The molecule has 1 heterocycles. The Hall–Kier alpha value is -3.41. The third-order valence-electron chi connectivity index (χ3n) is 5.43. The van der Waals surface area contributed by atoms with Crippen molar-refractivity contribution < 1.29 is 35.1 Å². The number of rotatable bonds is 4. The van der Waals surface area contributed by atoms with Crippen molar-refractivity contribution in [3.63, 3.8) is 0 Å². The molecule has 13 heteroatoms. The van der Waals surface area contributed by atoms with Crippen molar-refractivity contribution in [1.29, 1.82) is 0 Å². The van der Waals surface area contributed by atoms with Crippen molar-refractivity contribution >= 4 is 28.5 Å². The van der Waals surface area contributed by atoms with Crippen LogP contribution in [0, 0.1) is 18.6 Å². The molecule has 36 heavy (non-hydrogen) atoms. The van der Waals surface area contributed by atoms with Gasteiger partial charge in [-0.1, -0.05) is 11.6 Å². The Morgan fingerprint density at radius 1 is 0.972 bits per heavy atom. The molecule has 0 fully saturated rings. The van der Waals surface area contributed by atoms with Gasteiger partial charge < -0.3 is 0 Å². The SMILES string of the molecule is Cc1nn(-c2ccc(F)cc2F)c2c1C(Cl)=C(C=NNc1cc(C(F)(F)F)cc(C(F)(F)F)c1)CC2. The van der Waals surface area contributed by atoms with Crippen LogP contribution in [0.1, 0.15) is 34.5 Å². The molecule has 1 N–H and O–H groups in total. The van der Waals surface area contributed by atoms with E-state index in [0.717, 1.165) is 12.1 Å². The molecule has 4 nitrogen and oxygen atoms in total. The maximum Gasteiger partial charge on any atom is 0.416 e. The topological polar surface area (TPSA) is 42.2 Å². The molecular weight excluding hydrogens is 520 g/mol. The smallest absolute Gasteiger partial charge is 0.278 e. The number of hydrogen-bond donors (Lipinski definition) is 1. The lowest BCUT2D eigenvalue weighted by molar-refractivity contribution is -0.143. The third-order valence-corrected chi connectivity index (χ3v) is 5.86. The van der Waals surface area contributed by atoms with Crippen molar-refractivity contribution in [2.75, 3.05) is 5.43 Å². The highest BCUT2D eigenvalue weighted by atomic mass is 35.5. The van der Waals surface area contributed by atoms with E-state index in [2.05, 4.69) is 15.6 Å². The second-order valence-electron chi connectivity index (χ2n) is 7.92. The lowest BCUT2D eigenvalue weighted by atomic mass is 9.96. The van der Waals surface area contributed by atoms with Crippen LogP contribution in [-0.2, 0) is 18.8 Å². The molecule has 0 saturated carbocycles. The van der Waals surface area contributed by atoms with Gasteiger partial charge in [0.25, 0.3) is 0 Å². The van der Waals surface area contributed by atoms with Gasteiger partial charge in [0.05, 0.1) is 39.4 Å². The van der Waals surface area contributed by atoms with Crippen LogP contribution in [0.3, 0.4) is 0 Å². The minimum absolute atomic E-state index is 0.0152. The number of alkyl halides is 6. The number of aryl methyl sites for hydroxylation is 1. The summed E-state index contributed by atoms with van der Waals surface area (Å²) >= 11 is 6.49. The molecule has 0 bridgehead atoms. The highest BCUT2D eigenvalue weighted by Crippen LogP contribution is 2.39. The van der Waals surface area contributed by atoms with Crippen LogP contribution >= 0.6 is 11.6 Å². The fourth-order valence-electron chi connectivity index (χ4n) is 3.79. The monoisotopic (exact) mass is 534 g/mol. The van der Waals surface area contributed by atoms with E-state index in [1.165, 1.54) is 17.0 Å². The summed E-state index contributed by atoms with van der Waals surface area (Å²) in [7, 11) is 0. The summed E-state index contributed by atoms with van der Waals surface area (Å²) in [5.41, 5.74) is 0.637. The van der Waals surface area contributed by atoms with Crippen LogP contribution in [0.5, 0.6) is 0 Å². The van der Waals surface area contributed by atoms with Crippen LogP contribution in [0.25, 0.3) is 10.7 Å². The molecule has 4 rings (SSSR count). The van der Waals surface area contributed by atoms with E-state index in [0.29, 0.717) is 41.1 Å². The predicted molar refractivity (Wildman–Crippen MR) is 118 cm³/mol. The summed E-state index contributed by atoms with van der Waals surface area (Å²) in [6, 6.07) is 4.08. The van der Waals surface area contributed by atoms with Gasteiger partial charge in [-0.15, -0.1) is 0 Å². The lowest BCUT2D eigenvalue weighted by Crippen LogP contribution is -2.12. The molecule has 0 atom stereocenters. The zero-order chi connectivity index (χ0) is 26.4. The maximum absolute atomic E-state index is 14.3. The molecule has 0 spiro atoms. The first-order valence-corrected chi connectivity index (χ1v) is 10.6. The van der Waals surface area contributed by atoms with Gasteiger partial charge in [0, 0.05) is 11.6 Å². The minimum Gasteiger partial charge on any atom is -0.278 e. The van der Waals surface area contributed by atoms with Crippen LogP contribution in [0.2, 0.25) is 0 Å². The number of aromatic nitrogens is 2. The lowest BCUT2D eigenvalue weighted by Gasteiger charge is -2.17. The summed E-state index contributed by atoms with van der Waals surface area (Å²) < 4.78 is 107. The first-order valence-electron chi connectivity index (χ1n) is 10.3. The van der Waals surface area contributed by atoms with Crippen LogP contribution in [0.15, 0.2) is 47.1 Å². The molecule has 1 aliphatic rings. The number of hydrogen-bond acceptors (Lipinski definition) is 3. The molecule has 1 aliphatic carbocycles. The van der Waals surface area contributed by atoms with Gasteiger partial charge in [-0.2, -0.15) is 36.5 Å². The van der Waals surface area contributed by atoms with E-state index in [1.807, 2.05) is 0 Å². The quantitative estimate of drug-likeness (QED) is 0.214. The van der Waals surface area contributed by atoms with Gasteiger partial charge in [-0.05, 0) is 55.7 Å². The molecule has 2 aromatic carbocycles. The van der Waals surface area contributed by atoms with Crippen molar-refractivity contribution in [1.82, 2.24) is 9.78 Å². The number of benzene rings is 2. The summed E-state index contributed by atoms with van der Waals surface area (Å²) in [4.78, 5) is 0. The van der Waals surface area contributed by atoms with Gasteiger partial charge in [0.1, 0.15) is 11.5 Å². The highest BCUT2D eigenvalue weighted by molar-refractivity contribution is 6.51. The van der Waals surface area contributed by atoms with Gasteiger partial charge in [0.2, 0.25) is 0 Å². The molecule has 0 aliphatic heterocycles. The average Bonchev–Trinajstić information content (AvgIpc) is 3.10. The number of fused-ring (bicyclic) bond motifs is 1. The van der Waals surface area contributed by atoms with E-state index in [-0.39, 0.29) is 23.2 Å². The Morgan fingerprint density at radius 3 is 2.19 bits per heavy atom. The zero-order valence-corrected chi connectivity index (χ0v) is 19.0. The first kappa shape index (κ1) is 25.7. The zero-order valence-electron chi connectivity index (χ0n) is 18.2.